The van der Waals surface area contributed by atoms with Crippen LogP contribution in [0, 0.1) is 0 Å². The molecule has 1 N–H and O–H groups in total. The summed E-state index contributed by atoms with van der Waals surface area (Å²) >= 11 is 3.40. The molecular weight excluding hydrogens is 276 g/mol. The highest BCUT2D eigenvalue weighted by atomic mass is 79.9. The van der Waals surface area contributed by atoms with Crippen molar-refractivity contribution < 1.29 is 19.3 Å². The molecule has 1 rings (SSSR count). The lowest BCUT2D eigenvalue weighted by atomic mass is 10.1. The number of aliphatic hydroxyl groups excluding tert-OH is 1. The van der Waals surface area contributed by atoms with Crippen molar-refractivity contribution in [2.24, 2.45) is 0 Å². The highest BCUT2D eigenvalue weighted by Crippen LogP contribution is 2.44. The smallest absolute Gasteiger partial charge is 0.178 e. The number of hydrogen-bond acceptors (Lipinski definition) is 4. The van der Waals surface area contributed by atoms with E-state index in [0.29, 0.717) is 28.1 Å². The number of aliphatic hydroxyl groups is 1. The lowest BCUT2D eigenvalue weighted by Gasteiger charge is -2.16. The SMILES string of the molecule is COc1cc(CCO)c(OC)c(Br)c1OC. The maximum Gasteiger partial charge on any atom is 0.178 e. The zero-order chi connectivity index (χ0) is 12.1. The van der Waals surface area contributed by atoms with Gasteiger partial charge in [0.25, 0.3) is 0 Å². The molecule has 0 aliphatic carbocycles. The number of methoxy groups -OCH3 is 3. The highest BCUT2D eigenvalue weighted by Gasteiger charge is 2.18. The second kappa shape index (κ2) is 5.96. The molecule has 5 heteroatoms. The molecule has 16 heavy (non-hydrogen) atoms. The number of hydrogen-bond donors (Lipinski definition) is 1. The van der Waals surface area contributed by atoms with Gasteiger partial charge in [-0.15, -0.1) is 0 Å². The number of rotatable bonds is 5. The Kier molecular flexibility index (Phi) is 4.89. The molecule has 0 spiro atoms. The second-order valence-electron chi connectivity index (χ2n) is 3.09. The minimum atomic E-state index is 0.0539. The van der Waals surface area contributed by atoms with Crippen molar-refractivity contribution >= 4 is 15.9 Å². The maximum absolute atomic E-state index is 8.98. The Morgan fingerprint density at radius 2 is 1.75 bits per heavy atom. The van der Waals surface area contributed by atoms with Crippen LogP contribution in [0.5, 0.6) is 17.2 Å². The van der Waals surface area contributed by atoms with Crippen molar-refractivity contribution in [3.05, 3.63) is 16.1 Å². The van der Waals surface area contributed by atoms with Gasteiger partial charge in [-0.1, -0.05) is 0 Å². The first-order valence-corrected chi connectivity index (χ1v) is 5.57. The van der Waals surface area contributed by atoms with Gasteiger partial charge in [0.2, 0.25) is 0 Å². The van der Waals surface area contributed by atoms with Gasteiger partial charge in [-0.05, 0) is 28.4 Å². The van der Waals surface area contributed by atoms with Crippen LogP contribution in [-0.4, -0.2) is 33.0 Å². The summed E-state index contributed by atoms with van der Waals surface area (Å²) in [6.07, 6.45) is 0.502. The summed E-state index contributed by atoms with van der Waals surface area (Å²) in [4.78, 5) is 0. The fourth-order valence-electron chi connectivity index (χ4n) is 1.51. The summed E-state index contributed by atoms with van der Waals surface area (Å²) < 4.78 is 16.4. The molecule has 0 atom stereocenters. The van der Waals surface area contributed by atoms with E-state index >= 15 is 0 Å². The lowest BCUT2D eigenvalue weighted by Crippen LogP contribution is -2.00. The summed E-state index contributed by atoms with van der Waals surface area (Å²) in [5.74, 6) is 1.85. The van der Waals surface area contributed by atoms with Crippen LogP contribution in [0.1, 0.15) is 5.56 Å². The first-order valence-electron chi connectivity index (χ1n) is 4.77. The normalized spacial score (nSPS) is 10.1. The summed E-state index contributed by atoms with van der Waals surface area (Å²) in [6, 6.07) is 1.80. The molecular formula is C11H15BrO4. The molecule has 0 amide bonds. The predicted octanol–water partition coefficient (Wildman–Crippen LogP) is 2.01. The zero-order valence-electron chi connectivity index (χ0n) is 9.54. The Hall–Kier alpha value is -0.940. The minimum Gasteiger partial charge on any atom is -0.495 e. The van der Waals surface area contributed by atoms with E-state index in [-0.39, 0.29) is 6.61 Å². The van der Waals surface area contributed by atoms with Crippen molar-refractivity contribution in [2.45, 2.75) is 6.42 Å². The van der Waals surface area contributed by atoms with Crippen LogP contribution in [0.4, 0.5) is 0 Å². The molecule has 0 aliphatic heterocycles. The lowest BCUT2D eigenvalue weighted by molar-refractivity contribution is 0.295. The molecule has 0 aliphatic rings. The monoisotopic (exact) mass is 290 g/mol. The minimum absolute atomic E-state index is 0.0539. The summed E-state index contributed by atoms with van der Waals surface area (Å²) in [6.45, 7) is 0.0539. The van der Waals surface area contributed by atoms with E-state index in [0.717, 1.165) is 5.56 Å². The van der Waals surface area contributed by atoms with Crippen molar-refractivity contribution in [3.8, 4) is 17.2 Å². The van der Waals surface area contributed by atoms with E-state index < -0.39 is 0 Å². The van der Waals surface area contributed by atoms with E-state index in [1.807, 2.05) is 0 Å². The Morgan fingerprint density at radius 3 is 2.19 bits per heavy atom. The molecule has 90 valence electrons. The van der Waals surface area contributed by atoms with Crippen LogP contribution in [0.2, 0.25) is 0 Å². The molecule has 0 heterocycles. The molecule has 1 aromatic carbocycles. The number of benzene rings is 1. The van der Waals surface area contributed by atoms with E-state index in [9.17, 15) is 0 Å². The second-order valence-corrected chi connectivity index (χ2v) is 3.89. The van der Waals surface area contributed by atoms with Crippen LogP contribution < -0.4 is 14.2 Å². The average Bonchev–Trinajstić information content (AvgIpc) is 2.29. The van der Waals surface area contributed by atoms with Crippen LogP contribution in [-0.2, 0) is 6.42 Å². The van der Waals surface area contributed by atoms with Crippen LogP contribution in [0.25, 0.3) is 0 Å². The fourth-order valence-corrected chi connectivity index (χ4v) is 2.28. The molecule has 0 saturated carbocycles. The van der Waals surface area contributed by atoms with Gasteiger partial charge >= 0.3 is 0 Å². The van der Waals surface area contributed by atoms with Crippen molar-refractivity contribution in [1.82, 2.24) is 0 Å². The molecule has 0 saturated heterocycles. The van der Waals surface area contributed by atoms with Gasteiger partial charge in [0.1, 0.15) is 10.2 Å². The summed E-state index contributed by atoms with van der Waals surface area (Å²) in [7, 11) is 4.71. The number of ether oxygens (including phenoxy) is 3. The van der Waals surface area contributed by atoms with Gasteiger partial charge in [0, 0.05) is 12.2 Å². The Balaban J connectivity index is 3.35. The van der Waals surface area contributed by atoms with E-state index in [2.05, 4.69) is 15.9 Å². The van der Waals surface area contributed by atoms with Gasteiger partial charge in [0.05, 0.1) is 21.3 Å². The molecule has 0 radical (unpaired) electrons. The molecule has 0 fully saturated rings. The summed E-state index contributed by atoms with van der Waals surface area (Å²) in [5.41, 5.74) is 0.870. The molecule has 0 unspecified atom stereocenters. The molecule has 0 bridgehead atoms. The Morgan fingerprint density at radius 1 is 1.12 bits per heavy atom. The third kappa shape index (κ3) is 2.41. The maximum atomic E-state index is 8.98. The molecule has 1 aromatic rings. The van der Waals surface area contributed by atoms with Gasteiger partial charge in [0.15, 0.2) is 11.5 Å². The third-order valence-corrected chi connectivity index (χ3v) is 2.95. The molecule has 0 aromatic heterocycles. The first-order chi connectivity index (χ1) is 7.69. The number of halogens is 1. The zero-order valence-corrected chi connectivity index (χ0v) is 11.1. The van der Waals surface area contributed by atoms with Gasteiger partial charge < -0.3 is 19.3 Å². The largest absolute Gasteiger partial charge is 0.495 e. The van der Waals surface area contributed by atoms with Crippen molar-refractivity contribution in [3.63, 3.8) is 0 Å². The van der Waals surface area contributed by atoms with Gasteiger partial charge in [-0.2, -0.15) is 0 Å². The van der Waals surface area contributed by atoms with E-state index in [1.165, 1.54) is 0 Å². The van der Waals surface area contributed by atoms with Crippen molar-refractivity contribution in [1.29, 1.82) is 0 Å². The quantitative estimate of drug-likeness (QED) is 0.901. The fraction of sp³-hybridized carbons (Fsp3) is 0.455. The third-order valence-electron chi connectivity index (χ3n) is 2.23. The predicted molar refractivity (Wildman–Crippen MR) is 64.6 cm³/mol. The van der Waals surface area contributed by atoms with Crippen LogP contribution >= 0.6 is 15.9 Å². The Bertz CT molecular complexity index is 365. The van der Waals surface area contributed by atoms with Crippen LogP contribution in [0.3, 0.4) is 0 Å². The van der Waals surface area contributed by atoms with Crippen molar-refractivity contribution in [2.75, 3.05) is 27.9 Å². The van der Waals surface area contributed by atoms with E-state index in [4.69, 9.17) is 19.3 Å². The highest BCUT2D eigenvalue weighted by molar-refractivity contribution is 9.10. The van der Waals surface area contributed by atoms with Gasteiger partial charge in [-0.3, -0.25) is 0 Å². The first kappa shape index (κ1) is 13.1. The standard InChI is InChI=1S/C11H15BrO4/c1-14-8-6-7(4-5-13)10(15-2)9(12)11(8)16-3/h6,13H,4-5H2,1-3H3. The van der Waals surface area contributed by atoms with E-state index in [1.54, 1.807) is 27.4 Å². The average molecular weight is 291 g/mol. The molecule has 4 nitrogen and oxygen atoms in total. The van der Waals surface area contributed by atoms with Crippen LogP contribution in [0.15, 0.2) is 10.5 Å². The van der Waals surface area contributed by atoms with Gasteiger partial charge in [-0.25, -0.2) is 0 Å². The summed E-state index contributed by atoms with van der Waals surface area (Å²) in [5, 5.41) is 8.98. The Labute approximate surface area is 103 Å². The topological polar surface area (TPSA) is 47.9 Å².